The Labute approximate surface area is 211 Å². The summed E-state index contributed by atoms with van der Waals surface area (Å²) < 4.78 is 0. The maximum absolute atomic E-state index is 2.41. The minimum atomic E-state index is 1.27. The third kappa shape index (κ3) is 3.15. The Morgan fingerprint density at radius 2 is 0.944 bits per heavy atom. The maximum Gasteiger partial charge on any atom is -0.00259 e. The molecule has 36 heavy (non-hydrogen) atoms. The summed E-state index contributed by atoms with van der Waals surface area (Å²) in [5.41, 5.74) is 7.79. The zero-order chi connectivity index (χ0) is 24.2. The fraction of sp³-hybridized carbons (Fsp3) is 0.0556. The summed E-state index contributed by atoms with van der Waals surface area (Å²) in [5.74, 6) is 0. The van der Waals surface area contributed by atoms with E-state index in [9.17, 15) is 0 Å². The van der Waals surface area contributed by atoms with Crippen molar-refractivity contribution >= 4 is 43.1 Å². The van der Waals surface area contributed by atoms with Gasteiger partial charge < -0.3 is 0 Å². The quantitative estimate of drug-likeness (QED) is 0.226. The minimum Gasteiger partial charge on any atom is -0.0616 e. The second-order valence-electron chi connectivity index (χ2n) is 9.86. The molecule has 0 N–H and O–H groups in total. The molecule has 0 aliphatic rings. The van der Waals surface area contributed by atoms with Crippen LogP contribution in [0.2, 0.25) is 0 Å². The molecule has 0 heteroatoms. The number of hydrogen-bond acceptors (Lipinski definition) is 0. The van der Waals surface area contributed by atoms with Crippen LogP contribution in [0.15, 0.2) is 121 Å². The number of hydrogen-bond donors (Lipinski definition) is 0. The van der Waals surface area contributed by atoms with Gasteiger partial charge in [0.15, 0.2) is 0 Å². The molecule has 0 saturated carbocycles. The van der Waals surface area contributed by atoms with Crippen molar-refractivity contribution in [1.29, 1.82) is 0 Å². The van der Waals surface area contributed by atoms with Crippen molar-refractivity contribution in [2.75, 3.05) is 0 Å². The second-order valence-corrected chi connectivity index (χ2v) is 9.86. The summed E-state index contributed by atoms with van der Waals surface area (Å²) in [6.45, 7) is 4.38. The van der Waals surface area contributed by atoms with Gasteiger partial charge in [0.2, 0.25) is 0 Å². The van der Waals surface area contributed by atoms with Crippen LogP contribution in [0.5, 0.6) is 0 Å². The van der Waals surface area contributed by atoms with E-state index >= 15 is 0 Å². The molecule has 7 aromatic rings. The van der Waals surface area contributed by atoms with Crippen molar-refractivity contribution in [3.8, 4) is 22.3 Å². The van der Waals surface area contributed by atoms with Crippen molar-refractivity contribution in [3.05, 3.63) is 132 Å². The van der Waals surface area contributed by atoms with Crippen molar-refractivity contribution < 1.29 is 0 Å². The zero-order valence-electron chi connectivity index (χ0n) is 20.5. The SMILES string of the molecule is Cc1ccc(-c2cc3cc(-c4cccc5ccccc45)c4ccccc4c3c3ccccc23)cc1C. The van der Waals surface area contributed by atoms with Crippen molar-refractivity contribution in [2.24, 2.45) is 0 Å². The van der Waals surface area contributed by atoms with Crippen LogP contribution in [0, 0.1) is 13.8 Å². The Morgan fingerprint density at radius 3 is 1.67 bits per heavy atom. The van der Waals surface area contributed by atoms with E-state index in [4.69, 9.17) is 0 Å². The van der Waals surface area contributed by atoms with Crippen LogP contribution in [-0.2, 0) is 0 Å². The van der Waals surface area contributed by atoms with Crippen LogP contribution < -0.4 is 0 Å². The Kier molecular flexibility index (Phi) is 4.69. The fourth-order valence-electron chi connectivity index (χ4n) is 5.81. The summed E-state index contributed by atoms with van der Waals surface area (Å²) in [4.78, 5) is 0. The first-order valence-electron chi connectivity index (χ1n) is 12.6. The fourth-order valence-corrected chi connectivity index (χ4v) is 5.81. The topological polar surface area (TPSA) is 0 Å². The van der Waals surface area contributed by atoms with Crippen LogP contribution in [0.25, 0.3) is 65.3 Å². The van der Waals surface area contributed by atoms with Gasteiger partial charge in [-0.2, -0.15) is 0 Å². The van der Waals surface area contributed by atoms with E-state index in [0.29, 0.717) is 0 Å². The zero-order valence-corrected chi connectivity index (χ0v) is 20.5. The lowest BCUT2D eigenvalue weighted by molar-refractivity contribution is 1.34. The van der Waals surface area contributed by atoms with Gasteiger partial charge in [0, 0.05) is 0 Å². The smallest absolute Gasteiger partial charge is 0.00259 e. The molecule has 0 aliphatic heterocycles. The Bertz CT molecular complexity index is 1950. The highest BCUT2D eigenvalue weighted by atomic mass is 14.2. The first kappa shape index (κ1) is 20.9. The van der Waals surface area contributed by atoms with E-state index in [1.165, 1.54) is 76.5 Å². The van der Waals surface area contributed by atoms with Crippen molar-refractivity contribution in [2.45, 2.75) is 13.8 Å². The third-order valence-electron chi connectivity index (χ3n) is 7.76. The highest BCUT2D eigenvalue weighted by molar-refractivity contribution is 6.26. The van der Waals surface area contributed by atoms with Gasteiger partial charge in [-0.15, -0.1) is 0 Å². The monoisotopic (exact) mass is 458 g/mol. The van der Waals surface area contributed by atoms with Gasteiger partial charge >= 0.3 is 0 Å². The largest absolute Gasteiger partial charge is 0.0616 e. The highest BCUT2D eigenvalue weighted by Crippen LogP contribution is 2.43. The molecule has 7 aromatic carbocycles. The van der Waals surface area contributed by atoms with E-state index in [-0.39, 0.29) is 0 Å². The lowest BCUT2D eigenvalue weighted by atomic mass is 9.86. The highest BCUT2D eigenvalue weighted by Gasteiger charge is 2.15. The van der Waals surface area contributed by atoms with Crippen molar-refractivity contribution in [1.82, 2.24) is 0 Å². The summed E-state index contributed by atoms with van der Waals surface area (Å²) in [6, 6.07) is 44.8. The summed E-state index contributed by atoms with van der Waals surface area (Å²) in [6.07, 6.45) is 0. The molecular weight excluding hydrogens is 432 g/mol. The predicted molar refractivity (Wildman–Crippen MR) is 157 cm³/mol. The van der Waals surface area contributed by atoms with Gasteiger partial charge in [0.25, 0.3) is 0 Å². The number of aryl methyl sites for hydroxylation is 2. The van der Waals surface area contributed by atoms with Crippen molar-refractivity contribution in [3.63, 3.8) is 0 Å². The molecule has 0 spiro atoms. The number of fused-ring (bicyclic) bond motifs is 6. The molecule has 0 amide bonds. The molecule has 0 aliphatic carbocycles. The number of rotatable bonds is 2. The van der Waals surface area contributed by atoms with Crippen LogP contribution in [0.3, 0.4) is 0 Å². The summed E-state index contributed by atoms with van der Waals surface area (Å²) >= 11 is 0. The molecular formula is C36H26. The molecule has 0 unspecified atom stereocenters. The lowest BCUT2D eigenvalue weighted by Gasteiger charge is -2.17. The van der Waals surface area contributed by atoms with E-state index in [1.807, 2.05) is 0 Å². The minimum absolute atomic E-state index is 1.27. The van der Waals surface area contributed by atoms with Crippen LogP contribution in [0.4, 0.5) is 0 Å². The molecule has 0 radical (unpaired) electrons. The predicted octanol–water partition coefficient (Wildman–Crippen LogP) is 10.3. The molecule has 0 saturated heterocycles. The lowest BCUT2D eigenvalue weighted by Crippen LogP contribution is -1.90. The van der Waals surface area contributed by atoms with E-state index in [1.54, 1.807) is 0 Å². The Balaban J connectivity index is 1.65. The second kappa shape index (κ2) is 8.07. The first-order valence-corrected chi connectivity index (χ1v) is 12.6. The van der Waals surface area contributed by atoms with Gasteiger partial charge in [0.05, 0.1) is 0 Å². The third-order valence-corrected chi connectivity index (χ3v) is 7.76. The average molecular weight is 459 g/mol. The van der Waals surface area contributed by atoms with Gasteiger partial charge in [-0.3, -0.25) is 0 Å². The normalized spacial score (nSPS) is 11.6. The number of benzene rings is 7. The average Bonchev–Trinajstić information content (AvgIpc) is 2.93. The molecule has 170 valence electrons. The van der Waals surface area contributed by atoms with E-state index in [0.717, 1.165) is 0 Å². The van der Waals surface area contributed by atoms with Gasteiger partial charge in [-0.05, 0) is 102 Å². The molecule has 0 atom stereocenters. The molecule has 0 nitrogen and oxygen atoms in total. The van der Waals surface area contributed by atoms with E-state index < -0.39 is 0 Å². The Hall–Kier alpha value is -4.42. The summed E-state index contributed by atoms with van der Waals surface area (Å²) in [5, 5.41) is 10.4. The standard InChI is InChI=1S/C36H26/c1-23-18-19-26(20-24(23)2)34-21-27-22-35(29-17-9-11-25-10-3-4-12-28(25)29)31-14-6-8-16-33(31)36(27)32-15-7-5-13-30(32)34/h3-22H,1-2H3. The molecule has 0 fully saturated rings. The van der Waals surface area contributed by atoms with Crippen LogP contribution in [0.1, 0.15) is 11.1 Å². The van der Waals surface area contributed by atoms with Gasteiger partial charge in [-0.25, -0.2) is 0 Å². The Morgan fingerprint density at radius 1 is 0.361 bits per heavy atom. The maximum atomic E-state index is 2.41. The van der Waals surface area contributed by atoms with Gasteiger partial charge in [-0.1, -0.05) is 109 Å². The van der Waals surface area contributed by atoms with Gasteiger partial charge in [0.1, 0.15) is 0 Å². The van der Waals surface area contributed by atoms with Crippen LogP contribution in [-0.4, -0.2) is 0 Å². The molecule has 0 aromatic heterocycles. The first-order chi connectivity index (χ1) is 17.7. The summed E-state index contributed by atoms with van der Waals surface area (Å²) in [7, 11) is 0. The molecule has 0 heterocycles. The molecule has 0 bridgehead atoms. The molecule has 7 rings (SSSR count). The van der Waals surface area contributed by atoms with Crippen LogP contribution >= 0.6 is 0 Å². The van der Waals surface area contributed by atoms with E-state index in [2.05, 4.69) is 135 Å².